The molecule has 0 aliphatic rings. The highest BCUT2D eigenvalue weighted by atomic mass is 16.5. The van der Waals surface area contributed by atoms with E-state index < -0.39 is 0 Å². The average molecular weight is 203 g/mol. The van der Waals surface area contributed by atoms with Crippen molar-refractivity contribution in [3.05, 3.63) is 0 Å². The molecule has 3 nitrogen and oxygen atoms in total. The van der Waals surface area contributed by atoms with E-state index in [1.165, 1.54) is 0 Å². The van der Waals surface area contributed by atoms with E-state index in [9.17, 15) is 0 Å². The van der Waals surface area contributed by atoms with Crippen LogP contribution in [0.3, 0.4) is 0 Å². The molecule has 0 spiro atoms. The summed E-state index contributed by atoms with van der Waals surface area (Å²) in [6.07, 6.45) is 1.13. The lowest BCUT2D eigenvalue weighted by Gasteiger charge is -2.34. The van der Waals surface area contributed by atoms with Gasteiger partial charge in [-0.3, -0.25) is 0 Å². The van der Waals surface area contributed by atoms with E-state index in [-0.39, 0.29) is 17.7 Å². The Hall–Kier alpha value is -0.120. The van der Waals surface area contributed by atoms with Gasteiger partial charge in [-0.25, -0.2) is 0 Å². The van der Waals surface area contributed by atoms with Gasteiger partial charge in [-0.05, 0) is 34.1 Å². The minimum absolute atomic E-state index is 0.0603. The molecule has 0 fully saturated rings. The first-order valence-electron chi connectivity index (χ1n) is 5.47. The lowest BCUT2D eigenvalue weighted by Crippen LogP contribution is -2.50. The van der Waals surface area contributed by atoms with Gasteiger partial charge >= 0.3 is 0 Å². The smallest absolute Gasteiger partial charge is 0.0824 e. The third-order valence-electron chi connectivity index (χ3n) is 2.57. The lowest BCUT2D eigenvalue weighted by molar-refractivity contribution is -0.0709. The largest absolute Gasteiger partial charge is 0.377 e. The van der Waals surface area contributed by atoms with Crippen LogP contribution in [0.2, 0.25) is 0 Å². The van der Waals surface area contributed by atoms with Gasteiger partial charge in [0.15, 0.2) is 0 Å². The van der Waals surface area contributed by atoms with Crippen molar-refractivity contribution in [2.75, 3.05) is 13.2 Å². The highest BCUT2D eigenvalue weighted by Gasteiger charge is 2.30. The monoisotopic (exact) mass is 203 g/mol. The van der Waals surface area contributed by atoms with Gasteiger partial charge < -0.3 is 15.2 Å². The van der Waals surface area contributed by atoms with Gasteiger partial charge in [0.25, 0.3) is 0 Å². The molecule has 0 radical (unpaired) electrons. The molecule has 0 amide bonds. The van der Waals surface area contributed by atoms with Crippen LogP contribution in [0.1, 0.15) is 41.0 Å². The molecule has 0 aliphatic heterocycles. The molecule has 0 aromatic rings. The van der Waals surface area contributed by atoms with E-state index in [2.05, 4.69) is 6.92 Å². The molecule has 0 heterocycles. The summed E-state index contributed by atoms with van der Waals surface area (Å²) in [5.74, 6) is 0. The molecular weight excluding hydrogens is 178 g/mol. The van der Waals surface area contributed by atoms with E-state index in [0.29, 0.717) is 13.2 Å². The Morgan fingerprint density at radius 3 is 2.21 bits per heavy atom. The van der Waals surface area contributed by atoms with Gasteiger partial charge in [-0.1, -0.05) is 6.92 Å². The molecule has 0 saturated carbocycles. The molecule has 0 aromatic heterocycles. The van der Waals surface area contributed by atoms with Crippen LogP contribution in [0.25, 0.3) is 0 Å². The average Bonchev–Trinajstić information content (AvgIpc) is 2.14. The molecule has 0 bridgehead atoms. The summed E-state index contributed by atoms with van der Waals surface area (Å²) in [6.45, 7) is 11.4. The third-order valence-corrected chi connectivity index (χ3v) is 2.57. The molecule has 86 valence electrons. The van der Waals surface area contributed by atoms with Crippen molar-refractivity contribution in [1.82, 2.24) is 0 Å². The molecule has 0 rings (SSSR count). The second-order valence-electron chi connectivity index (χ2n) is 4.09. The summed E-state index contributed by atoms with van der Waals surface area (Å²) in [6, 6.07) is -0.0603. The molecule has 0 aliphatic carbocycles. The molecule has 2 atom stereocenters. The summed E-state index contributed by atoms with van der Waals surface area (Å²) in [7, 11) is 0. The Morgan fingerprint density at radius 1 is 1.29 bits per heavy atom. The zero-order valence-electron chi connectivity index (χ0n) is 10.2. The van der Waals surface area contributed by atoms with Crippen LogP contribution in [0.5, 0.6) is 0 Å². The second-order valence-corrected chi connectivity index (χ2v) is 4.09. The van der Waals surface area contributed by atoms with Crippen molar-refractivity contribution < 1.29 is 9.47 Å². The fourth-order valence-corrected chi connectivity index (χ4v) is 1.27. The number of hydrogen-bond donors (Lipinski definition) is 1. The zero-order valence-corrected chi connectivity index (χ0v) is 10.2. The van der Waals surface area contributed by atoms with Crippen molar-refractivity contribution in [2.24, 2.45) is 5.73 Å². The second kappa shape index (κ2) is 6.38. The van der Waals surface area contributed by atoms with Crippen molar-refractivity contribution in [3.8, 4) is 0 Å². The standard InChI is InChI=1S/C11H25NO2/c1-6-11(5,14-7-2)10(12)8-13-9(3)4/h9-10H,6-8,12H2,1-5H3. The van der Waals surface area contributed by atoms with Crippen LogP contribution < -0.4 is 5.73 Å². The minimum Gasteiger partial charge on any atom is -0.377 e. The van der Waals surface area contributed by atoms with Crippen LogP contribution >= 0.6 is 0 Å². The van der Waals surface area contributed by atoms with E-state index in [0.717, 1.165) is 6.42 Å². The van der Waals surface area contributed by atoms with Crippen LogP contribution in [0.15, 0.2) is 0 Å². The van der Waals surface area contributed by atoms with Crippen molar-refractivity contribution in [1.29, 1.82) is 0 Å². The predicted molar refractivity (Wildman–Crippen MR) is 59.4 cm³/mol. The van der Waals surface area contributed by atoms with Gasteiger partial charge in [-0.2, -0.15) is 0 Å². The van der Waals surface area contributed by atoms with E-state index in [4.69, 9.17) is 15.2 Å². The molecule has 0 saturated heterocycles. The van der Waals surface area contributed by atoms with Crippen molar-refractivity contribution in [2.45, 2.75) is 58.8 Å². The Bertz CT molecular complexity index is 150. The van der Waals surface area contributed by atoms with Crippen molar-refractivity contribution in [3.63, 3.8) is 0 Å². The topological polar surface area (TPSA) is 44.5 Å². The van der Waals surface area contributed by atoms with Crippen LogP contribution in [-0.2, 0) is 9.47 Å². The molecule has 0 aromatic carbocycles. The quantitative estimate of drug-likeness (QED) is 0.687. The number of rotatable bonds is 7. The minimum atomic E-state index is -0.260. The SMILES string of the molecule is CCOC(C)(CC)C(N)COC(C)C. The summed E-state index contributed by atoms with van der Waals surface area (Å²) in [4.78, 5) is 0. The highest BCUT2D eigenvalue weighted by Crippen LogP contribution is 2.19. The summed E-state index contributed by atoms with van der Waals surface area (Å²) in [5.41, 5.74) is 5.79. The van der Waals surface area contributed by atoms with E-state index in [1.807, 2.05) is 27.7 Å². The maximum absolute atomic E-state index is 6.05. The predicted octanol–water partition coefficient (Wildman–Crippen LogP) is 1.94. The fraction of sp³-hybridized carbons (Fsp3) is 1.00. The number of ether oxygens (including phenoxy) is 2. The van der Waals surface area contributed by atoms with E-state index in [1.54, 1.807) is 0 Å². The van der Waals surface area contributed by atoms with Gasteiger partial charge in [0, 0.05) is 6.61 Å². The first-order valence-corrected chi connectivity index (χ1v) is 5.47. The van der Waals surface area contributed by atoms with Gasteiger partial charge in [0.1, 0.15) is 0 Å². The normalized spacial score (nSPS) is 18.2. The van der Waals surface area contributed by atoms with E-state index >= 15 is 0 Å². The summed E-state index contributed by atoms with van der Waals surface area (Å²) < 4.78 is 11.2. The molecule has 3 heteroatoms. The Labute approximate surface area is 88.0 Å². The molecular formula is C11H25NO2. The zero-order chi connectivity index (χ0) is 11.2. The maximum Gasteiger partial charge on any atom is 0.0824 e. The lowest BCUT2D eigenvalue weighted by atomic mass is 9.94. The summed E-state index contributed by atoms with van der Waals surface area (Å²) >= 11 is 0. The first-order chi connectivity index (χ1) is 6.46. The van der Waals surface area contributed by atoms with Crippen LogP contribution in [-0.4, -0.2) is 31.0 Å². The molecule has 14 heavy (non-hydrogen) atoms. The third kappa shape index (κ3) is 4.40. The van der Waals surface area contributed by atoms with Crippen LogP contribution in [0.4, 0.5) is 0 Å². The number of hydrogen-bond acceptors (Lipinski definition) is 3. The van der Waals surface area contributed by atoms with Crippen LogP contribution in [0, 0.1) is 0 Å². The van der Waals surface area contributed by atoms with Gasteiger partial charge in [0.2, 0.25) is 0 Å². The Morgan fingerprint density at radius 2 is 1.86 bits per heavy atom. The first kappa shape index (κ1) is 13.9. The molecule has 2 unspecified atom stereocenters. The molecule has 2 N–H and O–H groups in total. The Balaban J connectivity index is 4.08. The highest BCUT2D eigenvalue weighted by molar-refractivity contribution is 4.86. The van der Waals surface area contributed by atoms with Gasteiger partial charge in [0.05, 0.1) is 24.4 Å². The van der Waals surface area contributed by atoms with Crippen molar-refractivity contribution >= 4 is 0 Å². The number of nitrogens with two attached hydrogens (primary N) is 1. The fourth-order valence-electron chi connectivity index (χ4n) is 1.27. The Kier molecular flexibility index (Phi) is 6.33. The van der Waals surface area contributed by atoms with Gasteiger partial charge in [-0.15, -0.1) is 0 Å². The maximum atomic E-state index is 6.05. The summed E-state index contributed by atoms with van der Waals surface area (Å²) in [5, 5.41) is 0.